The van der Waals surface area contributed by atoms with Gasteiger partial charge in [-0.05, 0) is 6.42 Å². The van der Waals surface area contributed by atoms with Crippen LogP contribution in [0.25, 0.3) is 0 Å². The van der Waals surface area contributed by atoms with Gasteiger partial charge in [-0.3, -0.25) is 0 Å². The molecule has 1 aliphatic heterocycles. The van der Waals surface area contributed by atoms with Gasteiger partial charge in [0, 0.05) is 5.33 Å². The second-order valence-corrected chi connectivity index (χ2v) is 5.57. The van der Waals surface area contributed by atoms with Crippen LogP contribution in [0.15, 0.2) is 24.3 Å². The predicted octanol–water partition coefficient (Wildman–Crippen LogP) is 1.68. The van der Waals surface area contributed by atoms with Crippen LogP contribution in [0.4, 0.5) is 0 Å². The molecule has 2 nitrogen and oxygen atoms in total. The van der Waals surface area contributed by atoms with Crippen LogP contribution in [0, 0.1) is 0 Å². The van der Waals surface area contributed by atoms with E-state index >= 15 is 0 Å². The van der Waals surface area contributed by atoms with E-state index in [-0.39, 0.29) is 11.0 Å². The van der Waals surface area contributed by atoms with Gasteiger partial charge in [-0.2, -0.15) is 0 Å². The summed E-state index contributed by atoms with van der Waals surface area (Å²) in [5.74, 6) is 0.208. The molecule has 0 aromatic carbocycles. The molecule has 0 spiro atoms. The van der Waals surface area contributed by atoms with E-state index in [1.165, 1.54) is 0 Å². The van der Waals surface area contributed by atoms with E-state index in [1.807, 2.05) is 12.2 Å². The maximum Gasteiger partial charge on any atom is 0.160 e. The molecule has 0 aromatic heterocycles. The molecule has 0 bridgehead atoms. The third-order valence-corrected chi connectivity index (χ3v) is 4.07. The predicted molar refractivity (Wildman–Crippen MR) is 54.3 cm³/mol. The summed E-state index contributed by atoms with van der Waals surface area (Å²) in [6.45, 7) is 0. The molecular formula is C8H11BrO2S. The van der Waals surface area contributed by atoms with E-state index in [4.69, 9.17) is 0 Å². The fourth-order valence-corrected chi connectivity index (χ4v) is 2.75. The SMILES string of the molecule is O=S1(=O)CC=CC1CC=CCBr. The van der Waals surface area contributed by atoms with Crippen LogP contribution < -0.4 is 0 Å². The zero-order chi connectivity index (χ0) is 9.03. The van der Waals surface area contributed by atoms with Crippen LogP contribution >= 0.6 is 15.9 Å². The monoisotopic (exact) mass is 250 g/mol. The van der Waals surface area contributed by atoms with E-state index in [0.717, 1.165) is 5.33 Å². The number of allylic oxidation sites excluding steroid dienone is 2. The molecule has 68 valence electrons. The van der Waals surface area contributed by atoms with E-state index in [2.05, 4.69) is 15.9 Å². The first kappa shape index (κ1) is 9.99. The molecule has 0 saturated carbocycles. The lowest BCUT2D eigenvalue weighted by atomic mass is 10.3. The molecule has 0 N–H and O–H groups in total. The lowest BCUT2D eigenvalue weighted by Gasteiger charge is -2.03. The number of hydrogen-bond acceptors (Lipinski definition) is 2. The Morgan fingerprint density at radius 3 is 2.75 bits per heavy atom. The summed E-state index contributed by atoms with van der Waals surface area (Å²) < 4.78 is 22.5. The number of alkyl halides is 1. The number of halogens is 1. The van der Waals surface area contributed by atoms with Gasteiger partial charge in [-0.1, -0.05) is 40.2 Å². The van der Waals surface area contributed by atoms with Crippen molar-refractivity contribution in [2.24, 2.45) is 0 Å². The van der Waals surface area contributed by atoms with Gasteiger partial charge >= 0.3 is 0 Å². The molecule has 0 fully saturated rings. The highest BCUT2D eigenvalue weighted by Gasteiger charge is 2.24. The van der Waals surface area contributed by atoms with Crippen LogP contribution in [0.5, 0.6) is 0 Å². The average Bonchev–Trinajstić information content (AvgIpc) is 2.32. The summed E-state index contributed by atoms with van der Waals surface area (Å²) in [5, 5.41) is 0.497. The van der Waals surface area contributed by atoms with Gasteiger partial charge < -0.3 is 0 Å². The fraction of sp³-hybridized carbons (Fsp3) is 0.500. The quantitative estimate of drug-likeness (QED) is 0.565. The van der Waals surface area contributed by atoms with Gasteiger partial charge in [0.15, 0.2) is 9.84 Å². The topological polar surface area (TPSA) is 34.1 Å². The van der Waals surface area contributed by atoms with E-state index in [9.17, 15) is 8.42 Å². The smallest absolute Gasteiger partial charge is 0.160 e. The maximum atomic E-state index is 11.2. The van der Waals surface area contributed by atoms with Gasteiger partial charge in [0.25, 0.3) is 0 Å². The standard InChI is InChI=1S/C8H11BrO2S/c9-6-2-1-4-8-5-3-7-12(8,10)11/h1-3,5,8H,4,6-7H2. The highest BCUT2D eigenvalue weighted by molar-refractivity contribution is 9.09. The summed E-state index contributed by atoms with van der Waals surface area (Å²) in [4.78, 5) is 0. The molecule has 4 heteroatoms. The molecule has 1 heterocycles. The minimum atomic E-state index is -2.85. The second-order valence-electron chi connectivity index (χ2n) is 2.66. The number of rotatable bonds is 3. The lowest BCUT2D eigenvalue weighted by molar-refractivity contribution is 0.594. The van der Waals surface area contributed by atoms with Gasteiger partial charge in [0.2, 0.25) is 0 Å². The zero-order valence-electron chi connectivity index (χ0n) is 6.61. The summed E-state index contributed by atoms with van der Waals surface area (Å²) >= 11 is 3.23. The molecule has 0 radical (unpaired) electrons. The Labute approximate surface area is 81.4 Å². The Bertz CT molecular complexity index is 290. The molecule has 0 aromatic rings. The molecule has 1 unspecified atom stereocenters. The third-order valence-electron chi connectivity index (χ3n) is 1.76. The van der Waals surface area contributed by atoms with E-state index in [0.29, 0.717) is 6.42 Å². The Morgan fingerprint density at radius 2 is 2.25 bits per heavy atom. The number of sulfone groups is 1. The molecule has 1 rings (SSSR count). The highest BCUT2D eigenvalue weighted by atomic mass is 79.9. The third kappa shape index (κ3) is 2.45. The minimum Gasteiger partial charge on any atom is -0.228 e. The molecular weight excluding hydrogens is 240 g/mol. The average molecular weight is 251 g/mol. The first-order valence-corrected chi connectivity index (χ1v) is 6.59. The van der Waals surface area contributed by atoms with Crippen molar-refractivity contribution in [3.05, 3.63) is 24.3 Å². The summed E-state index contributed by atoms with van der Waals surface area (Å²) in [6, 6.07) is 0. The Balaban J connectivity index is 2.53. The largest absolute Gasteiger partial charge is 0.228 e. The van der Waals surface area contributed by atoms with Crippen LogP contribution in [0.1, 0.15) is 6.42 Å². The maximum absolute atomic E-state index is 11.2. The van der Waals surface area contributed by atoms with Gasteiger partial charge in [0.1, 0.15) is 0 Å². The molecule has 1 atom stereocenters. The van der Waals surface area contributed by atoms with Crippen molar-refractivity contribution < 1.29 is 8.42 Å². The number of hydrogen-bond donors (Lipinski definition) is 0. The first-order chi connectivity index (χ1) is 5.67. The van der Waals surface area contributed by atoms with Gasteiger partial charge in [-0.15, -0.1) is 0 Å². The zero-order valence-corrected chi connectivity index (χ0v) is 9.01. The van der Waals surface area contributed by atoms with E-state index in [1.54, 1.807) is 12.2 Å². The summed E-state index contributed by atoms with van der Waals surface area (Å²) in [7, 11) is -2.85. The highest BCUT2D eigenvalue weighted by Crippen LogP contribution is 2.16. The van der Waals surface area contributed by atoms with Gasteiger partial charge in [-0.25, -0.2) is 8.42 Å². The lowest BCUT2D eigenvalue weighted by Crippen LogP contribution is -2.15. The van der Waals surface area contributed by atoms with Crippen molar-refractivity contribution >= 4 is 25.8 Å². The Kier molecular flexibility index (Phi) is 3.53. The minimum absolute atomic E-state index is 0.208. The molecule has 12 heavy (non-hydrogen) atoms. The molecule has 1 aliphatic rings. The van der Waals surface area contributed by atoms with Crippen molar-refractivity contribution in [2.75, 3.05) is 11.1 Å². The molecule has 0 aliphatic carbocycles. The van der Waals surface area contributed by atoms with Gasteiger partial charge in [0.05, 0.1) is 11.0 Å². The van der Waals surface area contributed by atoms with Crippen LogP contribution in [-0.4, -0.2) is 24.8 Å². The Hall–Kier alpha value is -0.0900. The summed E-state index contributed by atoms with van der Waals surface area (Å²) in [5.41, 5.74) is 0. The molecule has 0 saturated heterocycles. The van der Waals surface area contributed by atoms with Crippen molar-refractivity contribution in [1.29, 1.82) is 0 Å². The fourth-order valence-electron chi connectivity index (χ4n) is 1.10. The summed E-state index contributed by atoms with van der Waals surface area (Å²) in [6.07, 6.45) is 7.91. The normalized spacial score (nSPS) is 26.9. The van der Waals surface area contributed by atoms with Crippen LogP contribution in [-0.2, 0) is 9.84 Å². The van der Waals surface area contributed by atoms with Crippen molar-refractivity contribution in [3.63, 3.8) is 0 Å². The van der Waals surface area contributed by atoms with Crippen molar-refractivity contribution in [1.82, 2.24) is 0 Å². The van der Waals surface area contributed by atoms with Crippen molar-refractivity contribution in [3.8, 4) is 0 Å². The van der Waals surface area contributed by atoms with Crippen LogP contribution in [0.3, 0.4) is 0 Å². The molecule has 0 amide bonds. The van der Waals surface area contributed by atoms with Crippen LogP contribution in [0.2, 0.25) is 0 Å². The van der Waals surface area contributed by atoms with E-state index < -0.39 is 9.84 Å². The van der Waals surface area contributed by atoms with Crippen molar-refractivity contribution in [2.45, 2.75) is 11.7 Å². The first-order valence-electron chi connectivity index (χ1n) is 3.76. The Morgan fingerprint density at radius 1 is 1.50 bits per heavy atom. The second kappa shape index (κ2) is 4.23.